The number of carbonyl (C=O) groups is 1. The van der Waals surface area contributed by atoms with Gasteiger partial charge in [0.15, 0.2) is 5.89 Å². The number of aryl methyl sites for hydroxylation is 2. The molecular formula is C7H9NO4. The van der Waals surface area contributed by atoms with Gasteiger partial charge in [-0.15, -0.1) is 0 Å². The van der Waals surface area contributed by atoms with Crippen LogP contribution >= 0.6 is 0 Å². The second-order valence-corrected chi connectivity index (χ2v) is 2.38. The number of aromatic nitrogens is 1. The van der Waals surface area contributed by atoms with Crippen molar-refractivity contribution in [3.63, 3.8) is 0 Å². The molecule has 5 heteroatoms. The number of aromatic hydroxyl groups is 1. The highest BCUT2D eigenvalue weighted by molar-refractivity contribution is 5.67. The van der Waals surface area contributed by atoms with E-state index in [4.69, 9.17) is 14.6 Å². The zero-order valence-corrected chi connectivity index (χ0v) is 6.57. The van der Waals surface area contributed by atoms with E-state index in [0.29, 0.717) is 11.6 Å². The first kappa shape index (κ1) is 8.58. The Hall–Kier alpha value is -1.52. The third-order valence-electron chi connectivity index (χ3n) is 1.36. The quantitative estimate of drug-likeness (QED) is 0.699. The third-order valence-corrected chi connectivity index (χ3v) is 1.36. The van der Waals surface area contributed by atoms with Crippen LogP contribution in [0.5, 0.6) is 5.95 Å². The van der Waals surface area contributed by atoms with Gasteiger partial charge in [0.25, 0.3) is 0 Å². The first-order chi connectivity index (χ1) is 5.59. The molecule has 0 fully saturated rings. The maximum absolute atomic E-state index is 10.2. The highest BCUT2D eigenvalue weighted by Crippen LogP contribution is 2.18. The molecule has 1 rings (SSSR count). The number of hydrogen-bond acceptors (Lipinski definition) is 4. The SMILES string of the molecule is Cc1nc(CCC(=O)O)c(O)o1. The number of carboxylic acids is 1. The van der Waals surface area contributed by atoms with Crippen LogP contribution in [0.4, 0.5) is 0 Å². The van der Waals surface area contributed by atoms with Crippen LogP contribution in [0.1, 0.15) is 18.0 Å². The Morgan fingerprint density at radius 3 is 2.75 bits per heavy atom. The topological polar surface area (TPSA) is 83.6 Å². The average Bonchev–Trinajstić information content (AvgIpc) is 2.26. The van der Waals surface area contributed by atoms with Crippen LogP contribution in [-0.4, -0.2) is 21.2 Å². The highest BCUT2D eigenvalue weighted by atomic mass is 16.5. The van der Waals surface area contributed by atoms with Crippen molar-refractivity contribution in [2.45, 2.75) is 19.8 Å². The molecule has 0 saturated heterocycles. The lowest BCUT2D eigenvalue weighted by Crippen LogP contribution is -1.97. The van der Waals surface area contributed by atoms with Gasteiger partial charge in [0.2, 0.25) is 0 Å². The highest BCUT2D eigenvalue weighted by Gasteiger charge is 2.10. The van der Waals surface area contributed by atoms with Gasteiger partial charge in [0.1, 0.15) is 5.69 Å². The predicted molar refractivity (Wildman–Crippen MR) is 38.9 cm³/mol. The molecule has 0 amide bonds. The molecule has 0 saturated carbocycles. The summed E-state index contributed by atoms with van der Waals surface area (Å²) in [6, 6.07) is 0. The number of oxazole rings is 1. The molecule has 5 nitrogen and oxygen atoms in total. The fourth-order valence-corrected chi connectivity index (χ4v) is 0.848. The summed E-state index contributed by atoms with van der Waals surface area (Å²) < 4.78 is 4.70. The number of aliphatic carboxylic acids is 1. The van der Waals surface area contributed by atoms with E-state index in [9.17, 15) is 4.79 Å². The van der Waals surface area contributed by atoms with Crippen LogP contribution in [0, 0.1) is 6.92 Å². The minimum Gasteiger partial charge on any atom is -0.481 e. The minimum atomic E-state index is -0.921. The molecule has 12 heavy (non-hydrogen) atoms. The van der Waals surface area contributed by atoms with E-state index in [2.05, 4.69) is 4.98 Å². The van der Waals surface area contributed by atoms with Crippen molar-refractivity contribution in [1.82, 2.24) is 4.98 Å². The molecule has 0 atom stereocenters. The van der Waals surface area contributed by atoms with Crippen LogP contribution in [-0.2, 0) is 11.2 Å². The molecule has 2 N–H and O–H groups in total. The van der Waals surface area contributed by atoms with E-state index >= 15 is 0 Å². The number of rotatable bonds is 3. The van der Waals surface area contributed by atoms with E-state index in [1.54, 1.807) is 6.92 Å². The molecule has 0 unspecified atom stereocenters. The zero-order valence-electron chi connectivity index (χ0n) is 6.57. The molecule has 0 aromatic carbocycles. The molecule has 0 aliphatic rings. The smallest absolute Gasteiger partial charge is 0.306 e. The Bertz CT molecular complexity index is 292. The normalized spacial score (nSPS) is 10.1. The molecule has 0 aliphatic heterocycles. The van der Waals surface area contributed by atoms with E-state index < -0.39 is 5.97 Å². The Morgan fingerprint density at radius 2 is 2.33 bits per heavy atom. The second-order valence-electron chi connectivity index (χ2n) is 2.38. The van der Waals surface area contributed by atoms with Gasteiger partial charge in [-0.05, 0) is 0 Å². The van der Waals surface area contributed by atoms with Crippen molar-refractivity contribution in [3.8, 4) is 5.95 Å². The first-order valence-corrected chi connectivity index (χ1v) is 3.46. The van der Waals surface area contributed by atoms with Crippen LogP contribution in [0.2, 0.25) is 0 Å². The lowest BCUT2D eigenvalue weighted by atomic mass is 10.2. The Morgan fingerprint density at radius 1 is 1.67 bits per heavy atom. The summed E-state index contributed by atoms with van der Waals surface area (Å²) in [5, 5.41) is 17.4. The Kier molecular flexibility index (Phi) is 2.32. The number of nitrogens with zero attached hydrogens (tertiary/aromatic N) is 1. The van der Waals surface area contributed by atoms with Gasteiger partial charge in [-0.3, -0.25) is 4.79 Å². The van der Waals surface area contributed by atoms with Gasteiger partial charge in [0.05, 0.1) is 6.42 Å². The average molecular weight is 171 g/mol. The second kappa shape index (κ2) is 3.25. The van der Waals surface area contributed by atoms with Crippen LogP contribution in [0.25, 0.3) is 0 Å². The van der Waals surface area contributed by atoms with Crippen molar-refractivity contribution >= 4 is 5.97 Å². The molecule has 0 aliphatic carbocycles. The number of hydrogen-bond donors (Lipinski definition) is 2. The van der Waals surface area contributed by atoms with Crippen LogP contribution in [0.3, 0.4) is 0 Å². The monoisotopic (exact) mass is 171 g/mol. The molecular weight excluding hydrogens is 162 g/mol. The van der Waals surface area contributed by atoms with E-state index in [-0.39, 0.29) is 18.8 Å². The fourth-order valence-electron chi connectivity index (χ4n) is 0.848. The summed E-state index contributed by atoms with van der Waals surface area (Å²) in [4.78, 5) is 14.0. The van der Waals surface area contributed by atoms with Crippen molar-refractivity contribution in [3.05, 3.63) is 11.6 Å². The van der Waals surface area contributed by atoms with Crippen molar-refractivity contribution in [2.75, 3.05) is 0 Å². The molecule has 1 aromatic rings. The maximum atomic E-state index is 10.2. The van der Waals surface area contributed by atoms with E-state index in [1.165, 1.54) is 0 Å². The van der Waals surface area contributed by atoms with Gasteiger partial charge in [-0.2, -0.15) is 0 Å². The number of carboxylic acid groups (broad SMARTS) is 1. The lowest BCUT2D eigenvalue weighted by molar-refractivity contribution is -0.136. The van der Waals surface area contributed by atoms with Crippen molar-refractivity contribution < 1.29 is 19.4 Å². The van der Waals surface area contributed by atoms with Gasteiger partial charge >= 0.3 is 11.9 Å². The largest absolute Gasteiger partial charge is 0.481 e. The Balaban J connectivity index is 2.62. The van der Waals surface area contributed by atoms with Crippen LogP contribution in [0.15, 0.2) is 4.42 Å². The molecule has 0 bridgehead atoms. The standard InChI is InChI=1S/C7H9NO4/c1-4-8-5(7(11)12-4)2-3-6(9)10/h11H,2-3H2,1H3,(H,9,10). The fraction of sp³-hybridized carbons (Fsp3) is 0.429. The summed E-state index contributed by atoms with van der Waals surface area (Å²) >= 11 is 0. The summed E-state index contributed by atoms with van der Waals surface area (Å²) in [5.41, 5.74) is 0.301. The van der Waals surface area contributed by atoms with Crippen LogP contribution < -0.4 is 0 Å². The maximum Gasteiger partial charge on any atom is 0.306 e. The van der Waals surface area contributed by atoms with Gasteiger partial charge in [-0.25, -0.2) is 4.98 Å². The zero-order chi connectivity index (χ0) is 9.14. The molecule has 0 radical (unpaired) electrons. The third kappa shape index (κ3) is 1.98. The van der Waals surface area contributed by atoms with Gasteiger partial charge in [-0.1, -0.05) is 0 Å². The summed E-state index contributed by atoms with van der Waals surface area (Å²) in [5.74, 6) is -0.864. The molecule has 1 heterocycles. The minimum absolute atomic E-state index is 0.0560. The van der Waals surface area contributed by atoms with Gasteiger partial charge in [0, 0.05) is 13.3 Å². The lowest BCUT2D eigenvalue weighted by Gasteiger charge is -1.90. The van der Waals surface area contributed by atoms with Crippen molar-refractivity contribution in [2.24, 2.45) is 0 Å². The predicted octanol–water partition coefficient (Wildman–Crippen LogP) is 0.706. The van der Waals surface area contributed by atoms with Gasteiger partial charge < -0.3 is 14.6 Å². The van der Waals surface area contributed by atoms with E-state index in [0.717, 1.165) is 0 Å². The summed E-state index contributed by atoms with van der Waals surface area (Å²) in [7, 11) is 0. The summed E-state index contributed by atoms with van der Waals surface area (Å²) in [6.07, 6.45) is 0.137. The first-order valence-electron chi connectivity index (χ1n) is 3.46. The van der Waals surface area contributed by atoms with E-state index in [1.807, 2.05) is 0 Å². The Labute approximate surface area is 68.7 Å². The molecule has 66 valence electrons. The van der Waals surface area contributed by atoms with Crippen molar-refractivity contribution in [1.29, 1.82) is 0 Å². The summed E-state index contributed by atoms with van der Waals surface area (Å²) in [6.45, 7) is 1.59. The molecule has 1 aromatic heterocycles. The molecule has 0 spiro atoms.